The number of imide groups is 1. The number of nitrogens with two attached hydrogens (primary N) is 1. The molecule has 7 heteroatoms. The summed E-state index contributed by atoms with van der Waals surface area (Å²) in [4.78, 5) is 37.3. The van der Waals surface area contributed by atoms with Gasteiger partial charge in [-0.3, -0.25) is 14.4 Å². The molecular weight excluding hydrogens is 316 g/mol. The molecule has 23 heavy (non-hydrogen) atoms. The number of amides is 2. The first-order valence-corrected chi connectivity index (χ1v) is 8.46. The van der Waals surface area contributed by atoms with Gasteiger partial charge in [0, 0.05) is 12.2 Å². The summed E-state index contributed by atoms with van der Waals surface area (Å²) >= 11 is 1.22. The van der Waals surface area contributed by atoms with Crippen molar-refractivity contribution in [3.63, 3.8) is 0 Å². The summed E-state index contributed by atoms with van der Waals surface area (Å²) in [6.07, 6.45) is 0.118. The van der Waals surface area contributed by atoms with E-state index in [1.165, 1.54) is 16.7 Å². The predicted octanol–water partition coefficient (Wildman–Crippen LogP) is 1.25. The summed E-state index contributed by atoms with van der Waals surface area (Å²) in [5, 5.41) is -0.511. The highest BCUT2D eigenvalue weighted by Gasteiger charge is 2.40. The van der Waals surface area contributed by atoms with Gasteiger partial charge in [0.05, 0.1) is 17.5 Å². The Kier molecular flexibility index (Phi) is 5.79. The zero-order chi connectivity index (χ0) is 17.0. The fourth-order valence-corrected chi connectivity index (χ4v) is 3.39. The van der Waals surface area contributed by atoms with Crippen LogP contribution in [-0.4, -0.2) is 41.4 Å². The van der Waals surface area contributed by atoms with E-state index < -0.39 is 17.3 Å². The van der Waals surface area contributed by atoms with Gasteiger partial charge >= 0.3 is 5.97 Å². The molecular formula is C16H20N2O4S. The third-order valence-electron chi connectivity index (χ3n) is 3.43. The number of nitrogens with zero attached hydrogens (tertiary/aromatic N) is 1. The number of carbonyl (C=O) groups is 3. The molecule has 0 aromatic heterocycles. The molecule has 1 aromatic rings. The SMILES string of the molecule is CCOC(=O)[C@@H](N)CS[C@H]1CC(=O)N(c2cccc(C)c2)C1=O. The zero-order valence-electron chi connectivity index (χ0n) is 13.2. The van der Waals surface area contributed by atoms with Crippen LogP contribution in [0.25, 0.3) is 0 Å². The molecule has 2 atom stereocenters. The van der Waals surface area contributed by atoms with Crippen molar-refractivity contribution >= 4 is 35.2 Å². The van der Waals surface area contributed by atoms with E-state index in [1.807, 2.05) is 19.1 Å². The summed E-state index contributed by atoms with van der Waals surface area (Å²) in [5.41, 5.74) is 7.28. The molecule has 1 aliphatic heterocycles. The van der Waals surface area contributed by atoms with Crippen molar-refractivity contribution < 1.29 is 19.1 Å². The van der Waals surface area contributed by atoms with E-state index in [0.717, 1.165) is 5.56 Å². The number of rotatable bonds is 6. The second-order valence-corrected chi connectivity index (χ2v) is 6.53. The lowest BCUT2D eigenvalue weighted by Crippen LogP contribution is -2.36. The van der Waals surface area contributed by atoms with Crippen molar-refractivity contribution in [2.45, 2.75) is 31.6 Å². The molecule has 0 unspecified atom stereocenters. The number of carbonyl (C=O) groups excluding carboxylic acids is 3. The van der Waals surface area contributed by atoms with Crippen LogP contribution >= 0.6 is 11.8 Å². The highest BCUT2D eigenvalue weighted by atomic mass is 32.2. The highest BCUT2D eigenvalue weighted by Crippen LogP contribution is 2.30. The van der Waals surface area contributed by atoms with E-state index in [2.05, 4.69) is 0 Å². The van der Waals surface area contributed by atoms with E-state index in [9.17, 15) is 14.4 Å². The summed E-state index contributed by atoms with van der Waals surface area (Å²) in [7, 11) is 0. The quantitative estimate of drug-likeness (QED) is 0.621. The van der Waals surface area contributed by atoms with Gasteiger partial charge in [-0.1, -0.05) is 12.1 Å². The molecule has 1 fully saturated rings. The van der Waals surface area contributed by atoms with E-state index in [0.29, 0.717) is 5.69 Å². The Balaban J connectivity index is 2.00. The molecule has 1 saturated heterocycles. The second-order valence-electron chi connectivity index (χ2n) is 5.29. The largest absolute Gasteiger partial charge is 0.465 e. The molecule has 0 saturated carbocycles. The topological polar surface area (TPSA) is 89.7 Å². The van der Waals surface area contributed by atoms with Gasteiger partial charge in [-0.15, -0.1) is 11.8 Å². The Morgan fingerprint density at radius 1 is 1.48 bits per heavy atom. The first-order chi connectivity index (χ1) is 10.9. The maximum atomic E-state index is 12.5. The minimum absolute atomic E-state index is 0.118. The van der Waals surface area contributed by atoms with Gasteiger partial charge in [-0.2, -0.15) is 0 Å². The number of hydrogen-bond acceptors (Lipinski definition) is 6. The van der Waals surface area contributed by atoms with Gasteiger partial charge in [0.25, 0.3) is 0 Å². The smallest absolute Gasteiger partial charge is 0.323 e. The minimum atomic E-state index is -0.795. The second kappa shape index (κ2) is 7.61. The van der Waals surface area contributed by atoms with Crippen molar-refractivity contribution in [3.05, 3.63) is 29.8 Å². The Hall–Kier alpha value is -1.86. The van der Waals surface area contributed by atoms with Gasteiger partial charge in [0.1, 0.15) is 6.04 Å². The van der Waals surface area contributed by atoms with Gasteiger partial charge in [0.2, 0.25) is 11.8 Å². The standard InChI is InChI=1S/C16H20N2O4S/c1-3-22-16(21)12(17)9-23-13-8-14(19)18(15(13)20)11-6-4-5-10(2)7-11/h4-7,12-13H,3,8-9,17H2,1-2H3/t12-,13-/m0/s1. The molecule has 0 radical (unpaired) electrons. The molecule has 1 aliphatic rings. The highest BCUT2D eigenvalue weighted by molar-refractivity contribution is 8.00. The molecule has 124 valence electrons. The van der Waals surface area contributed by atoms with Crippen molar-refractivity contribution in [2.24, 2.45) is 5.73 Å². The molecule has 0 spiro atoms. The fraction of sp³-hybridized carbons (Fsp3) is 0.438. The summed E-state index contributed by atoms with van der Waals surface area (Å²) in [6, 6.07) is 6.45. The zero-order valence-corrected chi connectivity index (χ0v) is 14.0. The number of anilines is 1. The summed E-state index contributed by atoms with van der Waals surface area (Å²) < 4.78 is 4.83. The van der Waals surface area contributed by atoms with Crippen LogP contribution in [0.2, 0.25) is 0 Å². The van der Waals surface area contributed by atoms with Crippen molar-refractivity contribution in [1.82, 2.24) is 0 Å². The van der Waals surface area contributed by atoms with E-state index in [4.69, 9.17) is 10.5 Å². The van der Waals surface area contributed by atoms with Crippen LogP contribution in [0, 0.1) is 6.92 Å². The molecule has 2 N–H and O–H groups in total. The summed E-state index contributed by atoms with van der Waals surface area (Å²) in [5.74, 6) is -0.749. The Morgan fingerprint density at radius 2 is 2.22 bits per heavy atom. The molecule has 0 bridgehead atoms. The third-order valence-corrected chi connectivity index (χ3v) is 4.75. The normalized spacial score (nSPS) is 19.1. The van der Waals surface area contributed by atoms with Crippen LogP contribution in [0.15, 0.2) is 24.3 Å². The van der Waals surface area contributed by atoms with Crippen LogP contribution in [0.1, 0.15) is 18.9 Å². The molecule has 6 nitrogen and oxygen atoms in total. The number of aryl methyl sites for hydroxylation is 1. The predicted molar refractivity (Wildman–Crippen MR) is 89.1 cm³/mol. The first kappa shape index (κ1) is 17.5. The molecule has 0 aliphatic carbocycles. The minimum Gasteiger partial charge on any atom is -0.465 e. The Morgan fingerprint density at radius 3 is 2.87 bits per heavy atom. The average molecular weight is 336 g/mol. The maximum Gasteiger partial charge on any atom is 0.323 e. The van der Waals surface area contributed by atoms with Crippen LogP contribution in [-0.2, 0) is 19.1 Å². The van der Waals surface area contributed by atoms with Crippen LogP contribution in [0.3, 0.4) is 0 Å². The van der Waals surface area contributed by atoms with Crippen molar-refractivity contribution in [2.75, 3.05) is 17.3 Å². The van der Waals surface area contributed by atoms with Gasteiger partial charge in [0.15, 0.2) is 0 Å². The van der Waals surface area contributed by atoms with Crippen LogP contribution in [0.4, 0.5) is 5.69 Å². The monoisotopic (exact) mass is 336 g/mol. The Bertz CT molecular complexity index is 620. The van der Waals surface area contributed by atoms with Gasteiger partial charge in [-0.25, -0.2) is 4.90 Å². The number of hydrogen-bond donors (Lipinski definition) is 1. The van der Waals surface area contributed by atoms with Gasteiger partial charge in [-0.05, 0) is 31.5 Å². The lowest BCUT2D eigenvalue weighted by Gasteiger charge is -2.16. The maximum absolute atomic E-state index is 12.5. The molecule has 2 amide bonds. The number of thioether (sulfide) groups is 1. The van der Waals surface area contributed by atoms with Crippen LogP contribution < -0.4 is 10.6 Å². The van der Waals surface area contributed by atoms with Crippen molar-refractivity contribution in [1.29, 1.82) is 0 Å². The number of ether oxygens (including phenoxy) is 1. The lowest BCUT2D eigenvalue weighted by molar-refractivity contribution is -0.144. The summed E-state index contributed by atoms with van der Waals surface area (Å²) in [6.45, 7) is 3.87. The molecule has 1 heterocycles. The fourth-order valence-electron chi connectivity index (χ4n) is 2.31. The van der Waals surface area contributed by atoms with Crippen LogP contribution in [0.5, 0.6) is 0 Å². The number of esters is 1. The molecule has 2 rings (SSSR count). The number of benzene rings is 1. The Labute approximate surface area is 139 Å². The lowest BCUT2D eigenvalue weighted by atomic mass is 10.2. The first-order valence-electron chi connectivity index (χ1n) is 7.41. The van der Waals surface area contributed by atoms with E-state index in [-0.39, 0.29) is 30.6 Å². The third kappa shape index (κ3) is 4.11. The van der Waals surface area contributed by atoms with E-state index in [1.54, 1.807) is 19.1 Å². The molecule has 1 aromatic carbocycles. The van der Waals surface area contributed by atoms with Crippen molar-refractivity contribution in [3.8, 4) is 0 Å². The average Bonchev–Trinajstić information content (AvgIpc) is 2.79. The van der Waals surface area contributed by atoms with E-state index >= 15 is 0 Å². The van der Waals surface area contributed by atoms with Gasteiger partial charge < -0.3 is 10.5 Å².